The van der Waals surface area contributed by atoms with Gasteiger partial charge in [-0.15, -0.1) is 15.9 Å². The molecule has 0 amide bonds. The van der Waals surface area contributed by atoms with Gasteiger partial charge in [-0.1, -0.05) is 30.3 Å². The summed E-state index contributed by atoms with van der Waals surface area (Å²) in [4.78, 5) is 17.8. The van der Waals surface area contributed by atoms with Crippen molar-refractivity contribution in [3.05, 3.63) is 75.5 Å². The first-order chi connectivity index (χ1) is 21.1. The van der Waals surface area contributed by atoms with Crippen LogP contribution in [-0.2, 0) is 36.0 Å². The predicted octanol–water partition coefficient (Wildman–Crippen LogP) is 6.25. The van der Waals surface area contributed by atoms with E-state index in [4.69, 9.17) is 9.47 Å². The van der Waals surface area contributed by atoms with Crippen LogP contribution in [-0.4, -0.2) is 58.6 Å². The van der Waals surface area contributed by atoms with Crippen molar-refractivity contribution in [2.75, 3.05) is 13.2 Å². The molecule has 2 N–H and O–H groups in total. The molecule has 10 nitrogen and oxygen atoms in total. The Kier molecular flexibility index (Phi) is 8.40. The number of aryl methyl sites for hydroxylation is 4. The number of esters is 1. The molecule has 4 aromatic rings. The number of ether oxygens (including phenoxy) is 2. The summed E-state index contributed by atoms with van der Waals surface area (Å²) in [5, 5.41) is 8.62. The fraction of sp³-hybridized carbons (Fsp3) is 0.455. The molecule has 0 fully saturated rings. The maximum atomic E-state index is 13.0. The number of carbonyl (C=O) groups is 1. The highest BCUT2D eigenvalue weighted by molar-refractivity contribution is 8.22. The summed E-state index contributed by atoms with van der Waals surface area (Å²) in [6.07, 6.45) is 3.53. The number of carbonyl (C=O) groups excluding carboxylic acids is 1. The minimum absolute atomic E-state index is 0.182. The van der Waals surface area contributed by atoms with Crippen molar-refractivity contribution < 1.29 is 23.4 Å². The minimum Gasteiger partial charge on any atom is -0.472 e. The molecule has 11 heteroatoms. The fourth-order valence-electron chi connectivity index (χ4n) is 6.62. The topological polar surface area (TPSA) is 123 Å². The average molecular weight is 620 g/mol. The highest BCUT2D eigenvalue weighted by Gasteiger charge is 2.37. The molecule has 0 bridgehead atoms. The monoisotopic (exact) mass is 619 g/mol. The Bertz CT molecular complexity index is 1720. The van der Waals surface area contributed by atoms with E-state index in [9.17, 15) is 13.9 Å². The Morgan fingerprint density at radius 1 is 1.16 bits per heavy atom. The summed E-state index contributed by atoms with van der Waals surface area (Å²) in [5.41, 5.74) is 9.03. The Morgan fingerprint density at radius 3 is 2.75 bits per heavy atom. The first-order valence-electron chi connectivity index (χ1n) is 15.4. The van der Waals surface area contributed by atoms with Crippen LogP contribution in [0.4, 0.5) is 0 Å². The van der Waals surface area contributed by atoms with Gasteiger partial charge in [0, 0.05) is 25.2 Å². The third kappa shape index (κ3) is 5.58. The third-order valence-electron chi connectivity index (χ3n) is 8.97. The molecule has 3 heterocycles. The Hall–Kier alpha value is -3.51. The van der Waals surface area contributed by atoms with Gasteiger partial charge in [-0.2, -0.15) is 4.31 Å². The van der Waals surface area contributed by atoms with Gasteiger partial charge in [0.05, 0.1) is 25.1 Å². The first-order valence-corrected chi connectivity index (χ1v) is 16.9. The number of benzene rings is 2. The molecule has 0 saturated heterocycles. The molecule has 0 saturated carbocycles. The Balaban J connectivity index is 1.45. The van der Waals surface area contributed by atoms with Gasteiger partial charge in [-0.3, -0.25) is 13.9 Å². The van der Waals surface area contributed by atoms with Crippen molar-refractivity contribution in [1.82, 2.24) is 24.3 Å². The van der Waals surface area contributed by atoms with Gasteiger partial charge in [0.2, 0.25) is 5.88 Å². The molecule has 44 heavy (non-hydrogen) atoms. The lowest BCUT2D eigenvalue weighted by atomic mass is 9.83. The van der Waals surface area contributed by atoms with Gasteiger partial charge in [0.25, 0.3) is 0 Å². The van der Waals surface area contributed by atoms with E-state index in [-0.39, 0.29) is 24.4 Å². The van der Waals surface area contributed by atoms with Gasteiger partial charge in [-0.25, -0.2) is 9.67 Å². The van der Waals surface area contributed by atoms with Crippen LogP contribution in [0.2, 0.25) is 0 Å². The molecule has 234 valence electrons. The van der Waals surface area contributed by atoms with Crippen LogP contribution in [0.25, 0.3) is 11.0 Å². The Labute approximate surface area is 259 Å². The number of rotatable bonds is 8. The second-order valence-electron chi connectivity index (χ2n) is 11.8. The SMILES string of the molecule is CCOC(=O)CC(c1cc2c(c(CN3C[C@@H](CC)Oc4nc(C)ccc4S3(O)O)c1)CCC2)c1ccc2c(nnn2C)c1C. The quantitative estimate of drug-likeness (QED) is 0.220. The average Bonchev–Trinajstić information content (AvgIpc) is 3.60. The minimum atomic E-state index is -3.38. The molecule has 0 spiro atoms. The molecule has 2 aliphatic rings. The third-order valence-corrected chi connectivity index (χ3v) is 10.9. The molecule has 1 aliphatic heterocycles. The van der Waals surface area contributed by atoms with Gasteiger partial charge >= 0.3 is 5.97 Å². The van der Waals surface area contributed by atoms with E-state index in [0.29, 0.717) is 36.9 Å². The zero-order valence-corrected chi connectivity index (χ0v) is 26.9. The second-order valence-corrected chi connectivity index (χ2v) is 13.8. The maximum Gasteiger partial charge on any atom is 0.306 e. The van der Waals surface area contributed by atoms with E-state index in [1.165, 1.54) is 11.1 Å². The van der Waals surface area contributed by atoms with E-state index in [2.05, 4.69) is 33.5 Å². The molecular weight excluding hydrogens is 578 g/mol. The summed E-state index contributed by atoms with van der Waals surface area (Å²) in [5.74, 6) is -0.237. The lowest BCUT2D eigenvalue weighted by Gasteiger charge is -2.42. The smallest absolute Gasteiger partial charge is 0.306 e. The summed E-state index contributed by atoms with van der Waals surface area (Å²) in [7, 11) is -1.51. The highest BCUT2D eigenvalue weighted by atomic mass is 32.3. The van der Waals surface area contributed by atoms with Crippen molar-refractivity contribution in [2.45, 2.75) is 83.3 Å². The number of hydrogen-bond acceptors (Lipinski definition) is 9. The van der Waals surface area contributed by atoms with Crippen LogP contribution in [0.1, 0.15) is 78.1 Å². The summed E-state index contributed by atoms with van der Waals surface area (Å²) in [6, 6.07) is 12.0. The largest absolute Gasteiger partial charge is 0.472 e. The van der Waals surface area contributed by atoms with Gasteiger partial charge in [0.15, 0.2) is 0 Å². The van der Waals surface area contributed by atoms with Crippen LogP contribution in [0.5, 0.6) is 5.88 Å². The predicted molar refractivity (Wildman–Crippen MR) is 170 cm³/mol. The van der Waals surface area contributed by atoms with Crippen LogP contribution in [0, 0.1) is 13.8 Å². The van der Waals surface area contributed by atoms with E-state index < -0.39 is 10.8 Å². The zero-order chi connectivity index (χ0) is 31.2. The lowest BCUT2D eigenvalue weighted by molar-refractivity contribution is -0.143. The van der Waals surface area contributed by atoms with Crippen LogP contribution in [0.15, 0.2) is 41.3 Å². The van der Waals surface area contributed by atoms with Gasteiger partial charge in [-0.05, 0) is 98.0 Å². The number of nitrogens with zero attached hydrogens (tertiary/aromatic N) is 5. The van der Waals surface area contributed by atoms with Crippen LogP contribution in [0.3, 0.4) is 0 Å². The molecule has 2 aromatic heterocycles. The van der Waals surface area contributed by atoms with Gasteiger partial charge in [0.1, 0.15) is 16.5 Å². The normalized spacial score (nSPS) is 19.1. The number of aromatic nitrogens is 4. The molecule has 2 aromatic carbocycles. The van der Waals surface area contributed by atoms with E-state index in [0.717, 1.165) is 58.2 Å². The number of fused-ring (bicyclic) bond motifs is 3. The zero-order valence-electron chi connectivity index (χ0n) is 26.0. The van der Waals surface area contributed by atoms with E-state index in [1.54, 1.807) is 21.1 Å². The van der Waals surface area contributed by atoms with Crippen molar-refractivity contribution in [3.63, 3.8) is 0 Å². The lowest BCUT2D eigenvalue weighted by Crippen LogP contribution is -2.34. The molecule has 6 rings (SSSR count). The first kappa shape index (κ1) is 30.5. The summed E-state index contributed by atoms with van der Waals surface area (Å²) in [6.45, 7) is 8.74. The standard InChI is InChI=1S/C33H41N5O5S/c1-6-25-19-38(44(40,41)30-14-11-20(3)34-33(30)43-25)18-24-16-23(15-22-9-8-10-27(22)24)28(17-31(39)42-7-2)26-12-13-29-32(21(26)4)35-36-37(29)5/h11-16,25,28,40-41H,6-10,17-19H2,1-5H3/t25-,28?/m1/s1. The molecule has 1 unspecified atom stereocenters. The second kappa shape index (κ2) is 12.1. The number of pyridine rings is 1. The fourth-order valence-corrected chi connectivity index (χ4v) is 8.17. The molecule has 1 aliphatic carbocycles. The van der Waals surface area contributed by atoms with Crippen LogP contribution < -0.4 is 4.74 Å². The van der Waals surface area contributed by atoms with E-state index >= 15 is 0 Å². The van der Waals surface area contributed by atoms with Crippen molar-refractivity contribution in [1.29, 1.82) is 0 Å². The van der Waals surface area contributed by atoms with Gasteiger partial charge < -0.3 is 9.47 Å². The van der Waals surface area contributed by atoms with Crippen LogP contribution >= 0.6 is 10.8 Å². The summed E-state index contributed by atoms with van der Waals surface area (Å²) < 4.78 is 38.6. The Morgan fingerprint density at radius 2 is 1.98 bits per heavy atom. The van der Waals surface area contributed by atoms with E-state index in [1.807, 2.05) is 40.8 Å². The maximum absolute atomic E-state index is 13.0. The molecule has 2 atom stereocenters. The highest BCUT2D eigenvalue weighted by Crippen LogP contribution is 2.57. The summed E-state index contributed by atoms with van der Waals surface area (Å²) >= 11 is 0. The molecular formula is C33H41N5O5S. The van der Waals surface area contributed by atoms with Crippen molar-refractivity contribution >= 4 is 27.8 Å². The molecule has 0 radical (unpaired) electrons. The number of hydrogen-bond donors (Lipinski definition) is 2. The van der Waals surface area contributed by atoms with Crippen molar-refractivity contribution in [3.8, 4) is 5.88 Å². The van der Waals surface area contributed by atoms with Crippen molar-refractivity contribution in [2.24, 2.45) is 7.05 Å².